The summed E-state index contributed by atoms with van der Waals surface area (Å²) in [4.78, 5) is 23.4. The van der Waals surface area contributed by atoms with E-state index in [4.69, 9.17) is 0 Å². The van der Waals surface area contributed by atoms with E-state index in [2.05, 4.69) is 14.7 Å². The van der Waals surface area contributed by atoms with Gasteiger partial charge in [-0.25, -0.2) is 13.4 Å². The Bertz CT molecular complexity index is 1270. The summed E-state index contributed by atoms with van der Waals surface area (Å²) < 4.78 is 67.7. The van der Waals surface area contributed by atoms with Crippen LogP contribution in [0.4, 0.5) is 13.2 Å². The number of thiazole rings is 1. The molecule has 3 heterocycles. The second-order valence-corrected chi connectivity index (χ2v) is 10.3. The van der Waals surface area contributed by atoms with Crippen LogP contribution in [0.25, 0.3) is 10.6 Å². The van der Waals surface area contributed by atoms with Crippen molar-refractivity contribution in [3.8, 4) is 16.3 Å². The zero-order valence-electron chi connectivity index (χ0n) is 17.8. The van der Waals surface area contributed by atoms with E-state index >= 15 is 0 Å². The quantitative estimate of drug-likeness (QED) is 0.519. The van der Waals surface area contributed by atoms with Gasteiger partial charge in [-0.2, -0.15) is 4.31 Å². The van der Waals surface area contributed by atoms with Crippen LogP contribution in [0.5, 0.6) is 5.75 Å². The molecule has 0 spiro atoms. The first-order valence-corrected chi connectivity index (χ1v) is 12.3. The monoisotopic (exact) mass is 512 g/mol. The molecule has 0 atom stereocenters. The third kappa shape index (κ3) is 5.21. The fourth-order valence-corrected chi connectivity index (χ4v) is 5.91. The molecule has 1 saturated heterocycles. The Morgan fingerprint density at radius 3 is 2.24 bits per heavy atom. The van der Waals surface area contributed by atoms with Gasteiger partial charge in [-0.15, -0.1) is 24.5 Å². The Kier molecular flexibility index (Phi) is 6.60. The third-order valence-electron chi connectivity index (χ3n) is 5.14. The number of alkyl halides is 3. The Morgan fingerprint density at radius 2 is 1.65 bits per heavy atom. The first-order valence-electron chi connectivity index (χ1n) is 10.1. The molecular formula is C21H19F3N4O4S2. The van der Waals surface area contributed by atoms with Gasteiger partial charge in [0.15, 0.2) is 0 Å². The van der Waals surface area contributed by atoms with Gasteiger partial charge in [0.1, 0.15) is 15.6 Å². The van der Waals surface area contributed by atoms with E-state index in [0.29, 0.717) is 15.6 Å². The highest BCUT2D eigenvalue weighted by atomic mass is 32.2. The highest BCUT2D eigenvalue weighted by Crippen LogP contribution is 2.29. The van der Waals surface area contributed by atoms with E-state index in [1.165, 1.54) is 15.6 Å². The molecule has 3 aromatic rings. The lowest BCUT2D eigenvalue weighted by molar-refractivity contribution is -0.274. The van der Waals surface area contributed by atoms with E-state index in [-0.39, 0.29) is 37.0 Å². The minimum Gasteiger partial charge on any atom is -0.406 e. The van der Waals surface area contributed by atoms with Gasteiger partial charge < -0.3 is 9.64 Å². The molecule has 13 heteroatoms. The van der Waals surface area contributed by atoms with Crippen LogP contribution >= 0.6 is 11.3 Å². The molecule has 0 saturated carbocycles. The predicted octanol–water partition coefficient (Wildman–Crippen LogP) is 3.56. The largest absolute Gasteiger partial charge is 0.573 e. The number of nitrogens with zero attached hydrogens (tertiary/aromatic N) is 4. The van der Waals surface area contributed by atoms with Crippen molar-refractivity contribution in [2.24, 2.45) is 0 Å². The average Bonchev–Trinajstić information content (AvgIpc) is 3.20. The second-order valence-electron chi connectivity index (χ2n) is 7.38. The topological polar surface area (TPSA) is 92.7 Å². The van der Waals surface area contributed by atoms with Gasteiger partial charge >= 0.3 is 6.36 Å². The number of carbonyl (C=O) groups excluding carboxylic acids is 1. The minimum atomic E-state index is -4.86. The molecule has 1 aromatic carbocycles. The van der Waals surface area contributed by atoms with Gasteiger partial charge in [-0.3, -0.25) is 9.78 Å². The lowest BCUT2D eigenvalue weighted by atomic mass is 10.3. The molecule has 1 aliphatic rings. The normalized spacial score (nSPS) is 15.4. The standard InChI is InChI=1S/C21H19F3N4O4S2/c1-14-18(33-19(26-14)15-6-8-25-9-7-15)20(29)27-10-12-28(13-11-27)34(30,31)17-4-2-16(3-5-17)32-21(22,23)24/h2-9H,10-13H2,1H3. The summed E-state index contributed by atoms with van der Waals surface area (Å²) in [5.74, 6) is -0.728. The lowest BCUT2D eigenvalue weighted by Gasteiger charge is -2.33. The molecule has 34 heavy (non-hydrogen) atoms. The molecule has 1 fully saturated rings. The van der Waals surface area contributed by atoms with Gasteiger partial charge in [0.25, 0.3) is 5.91 Å². The van der Waals surface area contributed by atoms with Crippen molar-refractivity contribution in [2.75, 3.05) is 26.2 Å². The zero-order valence-corrected chi connectivity index (χ0v) is 19.5. The number of aromatic nitrogens is 2. The molecule has 0 aliphatic carbocycles. The molecule has 0 unspecified atom stereocenters. The number of benzene rings is 1. The summed E-state index contributed by atoms with van der Waals surface area (Å²) in [6.45, 7) is 2.22. The highest BCUT2D eigenvalue weighted by Gasteiger charge is 2.33. The van der Waals surface area contributed by atoms with Crippen molar-refractivity contribution < 1.29 is 31.1 Å². The number of carbonyl (C=O) groups is 1. The van der Waals surface area contributed by atoms with Gasteiger partial charge in [0.2, 0.25) is 10.0 Å². The highest BCUT2D eigenvalue weighted by molar-refractivity contribution is 7.89. The Morgan fingerprint density at radius 1 is 1.03 bits per heavy atom. The maximum absolute atomic E-state index is 13.1. The van der Waals surface area contributed by atoms with Crippen molar-refractivity contribution >= 4 is 27.3 Å². The van der Waals surface area contributed by atoms with Crippen molar-refractivity contribution in [2.45, 2.75) is 18.2 Å². The third-order valence-corrected chi connectivity index (χ3v) is 8.25. The Balaban J connectivity index is 1.42. The maximum Gasteiger partial charge on any atom is 0.573 e. The van der Waals surface area contributed by atoms with Crippen LogP contribution < -0.4 is 4.74 Å². The van der Waals surface area contributed by atoms with Gasteiger partial charge in [0.05, 0.1) is 10.6 Å². The number of ether oxygens (including phenoxy) is 1. The average molecular weight is 513 g/mol. The van der Waals surface area contributed by atoms with E-state index in [1.807, 2.05) is 0 Å². The van der Waals surface area contributed by atoms with E-state index < -0.39 is 22.1 Å². The molecule has 0 bridgehead atoms. The molecule has 1 aliphatic heterocycles. The fraction of sp³-hybridized carbons (Fsp3) is 0.286. The fourth-order valence-electron chi connectivity index (χ4n) is 3.45. The van der Waals surface area contributed by atoms with Crippen LogP contribution in [-0.4, -0.2) is 66.0 Å². The van der Waals surface area contributed by atoms with Crippen LogP contribution in [0, 0.1) is 6.92 Å². The lowest BCUT2D eigenvalue weighted by Crippen LogP contribution is -2.50. The Labute approximate surface area is 197 Å². The number of amides is 1. The summed E-state index contributed by atoms with van der Waals surface area (Å²) >= 11 is 1.27. The first-order chi connectivity index (χ1) is 16.0. The number of piperazine rings is 1. The molecular weight excluding hydrogens is 493 g/mol. The number of rotatable bonds is 5. The summed E-state index contributed by atoms with van der Waals surface area (Å²) in [6, 6.07) is 7.64. The first kappa shape index (κ1) is 24.1. The smallest absolute Gasteiger partial charge is 0.406 e. The number of hydrogen-bond acceptors (Lipinski definition) is 7. The second kappa shape index (κ2) is 9.31. The predicted molar refractivity (Wildman–Crippen MR) is 118 cm³/mol. The van der Waals surface area contributed by atoms with Crippen LogP contribution in [0.2, 0.25) is 0 Å². The number of halogens is 3. The molecule has 2 aromatic heterocycles. The minimum absolute atomic E-state index is 0.0595. The summed E-state index contributed by atoms with van der Waals surface area (Å²) in [5, 5.41) is 0.697. The van der Waals surface area contributed by atoms with Gasteiger partial charge in [-0.1, -0.05) is 0 Å². The van der Waals surface area contributed by atoms with Crippen molar-refractivity contribution in [3.05, 3.63) is 59.4 Å². The van der Waals surface area contributed by atoms with Crippen LogP contribution in [-0.2, 0) is 10.0 Å². The molecule has 8 nitrogen and oxygen atoms in total. The molecule has 180 valence electrons. The van der Waals surface area contributed by atoms with Crippen molar-refractivity contribution in [1.82, 2.24) is 19.2 Å². The molecule has 4 rings (SSSR count). The van der Waals surface area contributed by atoms with Crippen LogP contribution in [0.15, 0.2) is 53.7 Å². The summed E-state index contributed by atoms with van der Waals surface area (Å²) in [6.07, 6.45) is -1.58. The van der Waals surface area contributed by atoms with E-state index in [1.54, 1.807) is 36.4 Å². The van der Waals surface area contributed by atoms with E-state index in [9.17, 15) is 26.4 Å². The van der Waals surface area contributed by atoms with E-state index in [0.717, 1.165) is 29.8 Å². The SMILES string of the molecule is Cc1nc(-c2ccncc2)sc1C(=O)N1CCN(S(=O)(=O)c2ccc(OC(F)(F)F)cc2)CC1. The number of hydrogen-bond donors (Lipinski definition) is 0. The van der Waals surface area contributed by atoms with Gasteiger partial charge in [-0.05, 0) is 43.3 Å². The number of sulfonamides is 1. The maximum atomic E-state index is 13.1. The van der Waals surface area contributed by atoms with Gasteiger partial charge in [0, 0.05) is 44.1 Å². The van der Waals surface area contributed by atoms with Crippen molar-refractivity contribution in [1.29, 1.82) is 0 Å². The van der Waals surface area contributed by atoms with Crippen molar-refractivity contribution in [3.63, 3.8) is 0 Å². The molecule has 0 N–H and O–H groups in total. The number of aryl methyl sites for hydroxylation is 1. The summed E-state index contributed by atoms with van der Waals surface area (Å²) in [7, 11) is -3.93. The molecule has 0 radical (unpaired) electrons. The zero-order chi connectivity index (χ0) is 24.5. The molecule has 1 amide bonds. The number of pyridine rings is 1. The summed E-state index contributed by atoms with van der Waals surface area (Å²) in [5.41, 5.74) is 1.45. The Hall–Kier alpha value is -3.03. The van der Waals surface area contributed by atoms with Crippen LogP contribution in [0.3, 0.4) is 0 Å². The van der Waals surface area contributed by atoms with Crippen LogP contribution in [0.1, 0.15) is 15.4 Å².